The van der Waals surface area contributed by atoms with E-state index < -0.39 is 23.5 Å². The van der Waals surface area contributed by atoms with Crippen molar-refractivity contribution >= 4 is 23.6 Å². The molecule has 4 heterocycles. The Morgan fingerprint density at radius 2 is 1.98 bits per heavy atom. The van der Waals surface area contributed by atoms with Crippen LogP contribution >= 0.6 is 11.6 Å². The number of carbonyl (C=O) groups is 1. The quantitative estimate of drug-likeness (QED) is 0.338. The lowest BCUT2D eigenvalue weighted by molar-refractivity contribution is -0.131. The summed E-state index contributed by atoms with van der Waals surface area (Å²) in [6.45, 7) is 4.69. The number of hydrogen-bond acceptors (Lipinski definition) is 6. The molecule has 2 saturated heterocycles. The van der Waals surface area contributed by atoms with Crippen LogP contribution in [0.25, 0.3) is 6.08 Å². The Morgan fingerprint density at radius 1 is 1.20 bits per heavy atom. The van der Waals surface area contributed by atoms with Gasteiger partial charge in [-0.3, -0.25) is 4.90 Å². The van der Waals surface area contributed by atoms with Crippen molar-refractivity contribution in [2.75, 3.05) is 19.7 Å². The van der Waals surface area contributed by atoms with Crippen molar-refractivity contribution in [1.82, 2.24) is 14.5 Å². The van der Waals surface area contributed by atoms with Gasteiger partial charge in [0.15, 0.2) is 11.5 Å². The molecular weight excluding hydrogens is 556 g/mol. The normalized spacial score (nSPS) is 22.8. The molecule has 2 atom stereocenters. The van der Waals surface area contributed by atoms with Gasteiger partial charge in [0.1, 0.15) is 11.6 Å². The van der Waals surface area contributed by atoms with Gasteiger partial charge in [-0.15, -0.1) is 0 Å². The molecule has 0 bridgehead atoms. The number of hydrogen-bond donors (Lipinski definition) is 1. The number of rotatable bonds is 8. The number of benzene rings is 2. The number of likely N-dealkylation sites (tertiary alicyclic amines) is 1. The summed E-state index contributed by atoms with van der Waals surface area (Å²) in [6.07, 6.45) is 4.65. The standard InChI is InChI=1S/C30H30ClF2N3O5/c1-30(22-6-5-19(31)15-23(22)32)40-25-4-2-3-21(28(25)41-30)18-9-12-35(13-10-18)17-26-34-29(33)24(7-8-27(37)38)36(26)16-20-11-14-39-20/h2-8,15,18,20H,9-14,16-17H2,1H3,(H,37,38)/b8-7+. The summed E-state index contributed by atoms with van der Waals surface area (Å²) in [5.74, 6) is -1.73. The molecule has 2 aromatic carbocycles. The van der Waals surface area contributed by atoms with E-state index in [1.165, 1.54) is 12.1 Å². The summed E-state index contributed by atoms with van der Waals surface area (Å²) in [5, 5.41) is 9.34. The third kappa shape index (κ3) is 5.56. The minimum absolute atomic E-state index is 0.0421. The van der Waals surface area contributed by atoms with Crippen LogP contribution in [0.3, 0.4) is 0 Å². The van der Waals surface area contributed by atoms with E-state index in [4.69, 9.17) is 30.9 Å². The number of aromatic nitrogens is 2. The maximum absolute atomic E-state index is 14.8. The van der Waals surface area contributed by atoms with E-state index in [1.54, 1.807) is 23.6 Å². The highest BCUT2D eigenvalue weighted by Gasteiger charge is 2.43. The number of halogens is 3. The van der Waals surface area contributed by atoms with Gasteiger partial charge in [0.2, 0.25) is 5.95 Å². The minimum Gasteiger partial charge on any atom is -0.478 e. The fourth-order valence-corrected chi connectivity index (χ4v) is 5.94. The highest BCUT2D eigenvalue weighted by atomic mass is 35.5. The predicted molar refractivity (Wildman–Crippen MR) is 147 cm³/mol. The smallest absolute Gasteiger partial charge is 0.328 e. The topological polar surface area (TPSA) is 86.1 Å². The highest BCUT2D eigenvalue weighted by molar-refractivity contribution is 6.30. The molecule has 6 rings (SSSR count). The summed E-state index contributed by atoms with van der Waals surface area (Å²) in [7, 11) is 0. The van der Waals surface area contributed by atoms with Gasteiger partial charge >= 0.3 is 5.97 Å². The first kappa shape index (κ1) is 27.7. The van der Waals surface area contributed by atoms with E-state index in [1.807, 2.05) is 18.2 Å². The van der Waals surface area contributed by atoms with E-state index in [9.17, 15) is 13.6 Å². The van der Waals surface area contributed by atoms with Gasteiger partial charge in [0.05, 0.1) is 30.5 Å². The van der Waals surface area contributed by atoms with Crippen LogP contribution in [0.5, 0.6) is 11.5 Å². The van der Waals surface area contributed by atoms with Crippen LogP contribution in [0.15, 0.2) is 42.5 Å². The van der Waals surface area contributed by atoms with E-state index in [0.29, 0.717) is 42.0 Å². The van der Waals surface area contributed by atoms with Gasteiger partial charge in [0.25, 0.3) is 5.79 Å². The summed E-state index contributed by atoms with van der Waals surface area (Å²) < 4.78 is 49.3. The van der Waals surface area contributed by atoms with E-state index in [2.05, 4.69) is 9.88 Å². The number of imidazole rings is 1. The Labute approximate surface area is 241 Å². The lowest BCUT2D eigenvalue weighted by Gasteiger charge is -2.33. The maximum atomic E-state index is 14.8. The van der Waals surface area contributed by atoms with Gasteiger partial charge in [-0.1, -0.05) is 23.7 Å². The zero-order valence-corrected chi connectivity index (χ0v) is 23.2. The Morgan fingerprint density at radius 3 is 2.66 bits per heavy atom. The summed E-state index contributed by atoms with van der Waals surface area (Å²) >= 11 is 5.94. The molecule has 0 amide bonds. The van der Waals surface area contributed by atoms with Crippen LogP contribution in [0.4, 0.5) is 8.78 Å². The third-order valence-electron chi connectivity index (χ3n) is 8.03. The Kier molecular flexibility index (Phi) is 7.48. The molecule has 41 heavy (non-hydrogen) atoms. The van der Waals surface area contributed by atoms with Crippen LogP contribution in [0, 0.1) is 11.8 Å². The molecule has 3 aromatic rings. The maximum Gasteiger partial charge on any atom is 0.328 e. The van der Waals surface area contributed by atoms with Gasteiger partial charge < -0.3 is 23.9 Å². The number of ether oxygens (including phenoxy) is 3. The number of carboxylic acids is 1. The highest BCUT2D eigenvalue weighted by Crippen LogP contribution is 2.49. The van der Waals surface area contributed by atoms with Gasteiger partial charge in [-0.25, -0.2) is 14.2 Å². The summed E-state index contributed by atoms with van der Waals surface area (Å²) in [4.78, 5) is 17.4. The summed E-state index contributed by atoms with van der Waals surface area (Å²) in [5.41, 5.74) is 1.42. The van der Waals surface area contributed by atoms with Gasteiger partial charge in [0, 0.05) is 30.2 Å². The van der Waals surface area contributed by atoms with Crippen molar-refractivity contribution in [3.63, 3.8) is 0 Å². The van der Waals surface area contributed by atoms with Crippen molar-refractivity contribution in [3.8, 4) is 11.5 Å². The van der Waals surface area contributed by atoms with E-state index >= 15 is 0 Å². The first-order valence-corrected chi connectivity index (χ1v) is 14.0. The number of carboxylic acid groups (broad SMARTS) is 1. The van der Waals surface area contributed by atoms with Crippen molar-refractivity contribution < 1.29 is 32.9 Å². The first-order valence-electron chi connectivity index (χ1n) is 13.7. The molecule has 1 aromatic heterocycles. The van der Waals surface area contributed by atoms with E-state index in [-0.39, 0.29) is 23.3 Å². The van der Waals surface area contributed by atoms with Crippen molar-refractivity contribution in [2.24, 2.45) is 0 Å². The Balaban J connectivity index is 1.16. The zero-order valence-electron chi connectivity index (χ0n) is 22.5. The number of nitrogens with zero attached hydrogens (tertiary/aromatic N) is 3. The SMILES string of the molecule is CC1(c2ccc(Cl)cc2F)Oc2cccc(C3CCN(Cc4nc(F)c(/C=C/C(=O)O)n4CC4CCO4)CC3)c2O1. The fraction of sp³-hybridized carbons (Fsp3) is 0.400. The molecule has 0 spiro atoms. The molecule has 2 unspecified atom stereocenters. The molecule has 3 aliphatic heterocycles. The number of para-hydroxylation sites is 1. The monoisotopic (exact) mass is 585 g/mol. The molecular formula is C30H30ClF2N3O5. The number of fused-ring (bicyclic) bond motifs is 1. The second kappa shape index (κ2) is 11.1. The molecule has 0 radical (unpaired) electrons. The van der Waals surface area contributed by atoms with Crippen molar-refractivity contribution in [3.05, 3.63) is 81.9 Å². The van der Waals surface area contributed by atoms with Crippen LogP contribution in [-0.2, 0) is 28.4 Å². The first-order chi connectivity index (χ1) is 19.7. The number of aliphatic carboxylic acids is 1. The van der Waals surface area contributed by atoms with Gasteiger partial charge in [-0.2, -0.15) is 4.39 Å². The number of piperidine rings is 1. The van der Waals surface area contributed by atoms with Crippen molar-refractivity contribution in [2.45, 2.75) is 57.1 Å². The zero-order chi connectivity index (χ0) is 28.7. The molecule has 0 saturated carbocycles. The third-order valence-corrected chi connectivity index (χ3v) is 8.26. The van der Waals surface area contributed by atoms with Crippen LogP contribution in [0.1, 0.15) is 54.7 Å². The van der Waals surface area contributed by atoms with Crippen LogP contribution in [0.2, 0.25) is 5.02 Å². The molecule has 3 aliphatic rings. The van der Waals surface area contributed by atoms with Crippen LogP contribution in [-0.4, -0.2) is 51.3 Å². The minimum atomic E-state index is -1.31. The van der Waals surface area contributed by atoms with E-state index in [0.717, 1.165) is 44.0 Å². The average Bonchev–Trinajstić information content (AvgIpc) is 3.40. The Hall–Kier alpha value is -3.47. The lowest BCUT2D eigenvalue weighted by Crippen LogP contribution is -2.35. The second-order valence-electron chi connectivity index (χ2n) is 10.8. The molecule has 1 N–H and O–H groups in total. The molecule has 8 nitrogen and oxygen atoms in total. The van der Waals surface area contributed by atoms with Gasteiger partial charge in [-0.05, 0) is 68.6 Å². The van der Waals surface area contributed by atoms with Crippen LogP contribution < -0.4 is 9.47 Å². The second-order valence-corrected chi connectivity index (χ2v) is 11.2. The average molecular weight is 586 g/mol. The molecule has 2 fully saturated rings. The lowest BCUT2D eigenvalue weighted by atomic mass is 9.88. The Bertz CT molecular complexity index is 1500. The summed E-state index contributed by atoms with van der Waals surface area (Å²) in [6, 6.07) is 10.2. The fourth-order valence-electron chi connectivity index (χ4n) is 5.79. The largest absolute Gasteiger partial charge is 0.478 e. The molecule has 216 valence electrons. The van der Waals surface area contributed by atoms with Crippen molar-refractivity contribution in [1.29, 1.82) is 0 Å². The predicted octanol–water partition coefficient (Wildman–Crippen LogP) is 5.73. The molecule has 0 aliphatic carbocycles. The molecule has 11 heteroatoms.